The summed E-state index contributed by atoms with van der Waals surface area (Å²) >= 11 is 0. The van der Waals surface area contributed by atoms with Gasteiger partial charge in [-0.25, -0.2) is 0 Å². The van der Waals surface area contributed by atoms with Crippen molar-refractivity contribution in [3.63, 3.8) is 0 Å². The van der Waals surface area contributed by atoms with Crippen molar-refractivity contribution in [2.75, 3.05) is 26.2 Å². The standard InChI is InChI=1S/C23H28N2O/c26-22-8-10-24-15-23(22)9-3-11-25(16-23)14-17-6-7-21-19(12-17)13-18-4-1-2-5-20(18)21/h1-2,4-7,12,22,24,26H,3,8-11,13-16H2/t22-,23-/m0/s1. The molecule has 3 heteroatoms. The van der Waals surface area contributed by atoms with Crippen LogP contribution >= 0.6 is 0 Å². The number of hydrogen-bond acceptors (Lipinski definition) is 3. The van der Waals surface area contributed by atoms with Gasteiger partial charge in [-0.2, -0.15) is 0 Å². The average Bonchev–Trinajstić information content (AvgIpc) is 3.02. The number of nitrogens with zero attached hydrogens (tertiary/aromatic N) is 1. The molecule has 1 aliphatic carbocycles. The zero-order chi connectivity index (χ0) is 17.6. The number of likely N-dealkylation sites (tertiary alicyclic amines) is 1. The molecule has 0 aromatic heterocycles. The van der Waals surface area contributed by atoms with Gasteiger partial charge in [-0.3, -0.25) is 4.90 Å². The highest BCUT2D eigenvalue weighted by molar-refractivity contribution is 5.76. The lowest BCUT2D eigenvalue weighted by Gasteiger charge is -2.48. The van der Waals surface area contributed by atoms with Crippen LogP contribution in [0.5, 0.6) is 0 Å². The van der Waals surface area contributed by atoms with E-state index in [1.807, 2.05) is 0 Å². The minimum Gasteiger partial charge on any atom is -0.392 e. The lowest BCUT2D eigenvalue weighted by molar-refractivity contribution is -0.0514. The maximum absolute atomic E-state index is 10.6. The van der Waals surface area contributed by atoms with E-state index >= 15 is 0 Å². The van der Waals surface area contributed by atoms with Gasteiger partial charge in [0.25, 0.3) is 0 Å². The predicted molar refractivity (Wildman–Crippen MR) is 105 cm³/mol. The van der Waals surface area contributed by atoms with Gasteiger partial charge in [-0.1, -0.05) is 42.5 Å². The van der Waals surface area contributed by atoms with Gasteiger partial charge in [0.05, 0.1) is 6.10 Å². The molecule has 2 aliphatic heterocycles. The van der Waals surface area contributed by atoms with Crippen LogP contribution in [0.25, 0.3) is 11.1 Å². The van der Waals surface area contributed by atoms with Crippen molar-refractivity contribution < 1.29 is 5.11 Å². The van der Waals surface area contributed by atoms with Crippen molar-refractivity contribution in [2.24, 2.45) is 5.41 Å². The molecule has 2 heterocycles. The van der Waals surface area contributed by atoms with Gasteiger partial charge in [0.15, 0.2) is 0 Å². The Morgan fingerprint density at radius 3 is 2.92 bits per heavy atom. The number of piperidine rings is 2. The van der Waals surface area contributed by atoms with E-state index in [0.717, 1.165) is 52.0 Å². The summed E-state index contributed by atoms with van der Waals surface area (Å²) in [6.07, 6.45) is 4.14. The van der Waals surface area contributed by atoms with E-state index in [0.29, 0.717) is 0 Å². The largest absolute Gasteiger partial charge is 0.392 e. The van der Waals surface area contributed by atoms with Crippen LogP contribution < -0.4 is 5.32 Å². The topological polar surface area (TPSA) is 35.5 Å². The first-order valence-electron chi connectivity index (χ1n) is 10.0. The van der Waals surface area contributed by atoms with E-state index in [1.165, 1.54) is 34.2 Å². The lowest BCUT2D eigenvalue weighted by atomic mass is 9.72. The summed E-state index contributed by atoms with van der Waals surface area (Å²) in [7, 11) is 0. The zero-order valence-corrected chi connectivity index (χ0v) is 15.4. The summed E-state index contributed by atoms with van der Waals surface area (Å²) in [5, 5.41) is 14.1. The van der Waals surface area contributed by atoms with Crippen molar-refractivity contribution in [1.82, 2.24) is 10.2 Å². The molecule has 2 fully saturated rings. The summed E-state index contributed by atoms with van der Waals surface area (Å²) in [6, 6.07) is 15.8. The quantitative estimate of drug-likeness (QED) is 0.747. The van der Waals surface area contributed by atoms with Crippen molar-refractivity contribution in [3.8, 4) is 11.1 Å². The maximum Gasteiger partial charge on any atom is 0.0633 e. The number of aliphatic hydroxyl groups is 1. The molecule has 2 aromatic rings. The molecule has 2 N–H and O–H groups in total. The Bertz CT molecular complexity index is 814. The Morgan fingerprint density at radius 2 is 2.00 bits per heavy atom. The molecule has 136 valence electrons. The van der Waals surface area contributed by atoms with Crippen molar-refractivity contribution in [1.29, 1.82) is 0 Å². The lowest BCUT2D eigenvalue weighted by Crippen LogP contribution is -2.57. The van der Waals surface area contributed by atoms with Crippen LogP contribution in [-0.4, -0.2) is 42.3 Å². The normalized spacial score (nSPS) is 28.1. The van der Waals surface area contributed by atoms with E-state index < -0.39 is 0 Å². The van der Waals surface area contributed by atoms with E-state index in [2.05, 4.69) is 52.7 Å². The maximum atomic E-state index is 10.6. The van der Waals surface area contributed by atoms with Crippen LogP contribution in [0.3, 0.4) is 0 Å². The minimum atomic E-state index is -0.152. The highest BCUT2D eigenvalue weighted by Gasteiger charge is 2.42. The predicted octanol–water partition coefficient (Wildman–Crippen LogP) is 3.19. The third kappa shape index (κ3) is 2.79. The number of rotatable bonds is 2. The Balaban J connectivity index is 1.33. The molecule has 2 atom stereocenters. The molecule has 1 spiro atoms. The third-order valence-electron chi connectivity index (χ3n) is 6.73. The van der Waals surface area contributed by atoms with Gasteiger partial charge in [0.2, 0.25) is 0 Å². The van der Waals surface area contributed by atoms with Crippen molar-refractivity contribution >= 4 is 0 Å². The summed E-state index contributed by atoms with van der Waals surface area (Å²) in [4.78, 5) is 2.56. The molecule has 0 radical (unpaired) electrons. The molecule has 5 rings (SSSR count). The fourth-order valence-corrected chi connectivity index (χ4v) is 5.36. The molecule has 2 aromatic carbocycles. The van der Waals surface area contributed by atoms with Gasteiger partial charge < -0.3 is 10.4 Å². The molecule has 0 bridgehead atoms. The van der Waals surface area contributed by atoms with Crippen molar-refractivity contribution in [3.05, 3.63) is 59.2 Å². The second kappa shape index (κ2) is 6.49. The van der Waals surface area contributed by atoms with E-state index in [-0.39, 0.29) is 11.5 Å². The van der Waals surface area contributed by atoms with Gasteiger partial charge in [-0.15, -0.1) is 0 Å². The molecule has 3 nitrogen and oxygen atoms in total. The molecule has 2 saturated heterocycles. The number of fused-ring (bicyclic) bond motifs is 3. The fourth-order valence-electron chi connectivity index (χ4n) is 5.36. The first kappa shape index (κ1) is 16.5. The molecule has 0 saturated carbocycles. The van der Waals surface area contributed by atoms with Crippen LogP contribution in [0, 0.1) is 5.41 Å². The van der Waals surface area contributed by atoms with Crippen LogP contribution in [0.15, 0.2) is 42.5 Å². The highest BCUT2D eigenvalue weighted by Crippen LogP contribution is 2.39. The Kier molecular flexibility index (Phi) is 4.11. The SMILES string of the molecule is O[C@H]1CCNC[C@]12CCCN(Cc1ccc3c(c1)Cc1ccccc1-3)C2. The Hall–Kier alpha value is -1.68. The Morgan fingerprint density at radius 1 is 1.12 bits per heavy atom. The third-order valence-corrected chi connectivity index (χ3v) is 6.73. The van der Waals surface area contributed by atoms with Crippen LogP contribution in [0.2, 0.25) is 0 Å². The van der Waals surface area contributed by atoms with Gasteiger partial charge in [-0.05, 0) is 66.6 Å². The molecular weight excluding hydrogens is 320 g/mol. The summed E-state index contributed by atoms with van der Waals surface area (Å²) < 4.78 is 0. The monoisotopic (exact) mass is 348 g/mol. The van der Waals surface area contributed by atoms with E-state index in [4.69, 9.17) is 0 Å². The second-order valence-corrected chi connectivity index (χ2v) is 8.48. The first-order valence-corrected chi connectivity index (χ1v) is 10.0. The van der Waals surface area contributed by atoms with E-state index in [9.17, 15) is 5.11 Å². The average molecular weight is 348 g/mol. The number of benzene rings is 2. The first-order chi connectivity index (χ1) is 12.7. The summed E-state index contributed by atoms with van der Waals surface area (Å²) in [5.74, 6) is 0. The summed E-state index contributed by atoms with van der Waals surface area (Å²) in [6.45, 7) is 5.07. The van der Waals surface area contributed by atoms with Gasteiger partial charge in [0.1, 0.15) is 0 Å². The molecule has 3 aliphatic rings. The summed E-state index contributed by atoms with van der Waals surface area (Å²) in [5.41, 5.74) is 7.20. The molecular formula is C23H28N2O. The molecule has 26 heavy (non-hydrogen) atoms. The molecule has 0 amide bonds. The van der Waals surface area contributed by atoms with Crippen LogP contribution in [-0.2, 0) is 13.0 Å². The van der Waals surface area contributed by atoms with Gasteiger partial charge >= 0.3 is 0 Å². The van der Waals surface area contributed by atoms with E-state index in [1.54, 1.807) is 0 Å². The second-order valence-electron chi connectivity index (χ2n) is 8.48. The molecule has 0 unspecified atom stereocenters. The van der Waals surface area contributed by atoms with Crippen molar-refractivity contribution in [2.45, 2.75) is 38.3 Å². The number of aliphatic hydroxyl groups excluding tert-OH is 1. The Labute approximate surface area is 156 Å². The van der Waals surface area contributed by atoms with Crippen LogP contribution in [0.1, 0.15) is 36.0 Å². The smallest absolute Gasteiger partial charge is 0.0633 e. The van der Waals surface area contributed by atoms with Gasteiger partial charge in [0, 0.05) is 25.0 Å². The fraction of sp³-hybridized carbons (Fsp3) is 0.478. The minimum absolute atomic E-state index is 0.0590. The zero-order valence-electron chi connectivity index (χ0n) is 15.4. The number of nitrogens with one attached hydrogen (secondary N) is 1. The number of hydrogen-bond donors (Lipinski definition) is 2. The van der Waals surface area contributed by atoms with Crippen LogP contribution in [0.4, 0.5) is 0 Å². The highest BCUT2D eigenvalue weighted by atomic mass is 16.3.